The highest BCUT2D eigenvalue weighted by Crippen LogP contribution is 2.29. The fraction of sp³-hybridized carbons (Fsp3) is 0.211. The summed E-state index contributed by atoms with van der Waals surface area (Å²) in [7, 11) is 1.28. The Hall–Kier alpha value is -3.96. The van der Waals surface area contributed by atoms with E-state index in [0.29, 0.717) is 0 Å². The quantitative estimate of drug-likeness (QED) is 0.383. The molecule has 1 aromatic heterocycles. The van der Waals surface area contributed by atoms with Crippen molar-refractivity contribution in [3.63, 3.8) is 0 Å². The summed E-state index contributed by atoms with van der Waals surface area (Å²) >= 11 is 0. The molecule has 31 heavy (non-hydrogen) atoms. The number of alkyl halides is 3. The van der Waals surface area contributed by atoms with E-state index in [9.17, 15) is 37.7 Å². The molecule has 0 fully saturated rings. The highest BCUT2D eigenvalue weighted by atomic mass is 19.4. The molecule has 1 amide bonds. The maximum atomic E-state index is 12.7. The summed E-state index contributed by atoms with van der Waals surface area (Å²) in [6, 6.07) is 5.94. The van der Waals surface area contributed by atoms with Crippen molar-refractivity contribution in [1.82, 2.24) is 14.5 Å². The molecule has 0 radical (unpaired) electrons. The van der Waals surface area contributed by atoms with Crippen LogP contribution in [0.2, 0.25) is 0 Å². The van der Waals surface area contributed by atoms with Crippen LogP contribution in [-0.2, 0) is 12.8 Å². The lowest BCUT2D eigenvalue weighted by atomic mass is 10.1. The number of nitrogens with zero attached hydrogens (tertiary/aromatic N) is 3. The zero-order chi connectivity index (χ0) is 23.1. The van der Waals surface area contributed by atoms with Crippen molar-refractivity contribution in [2.75, 3.05) is 7.05 Å². The van der Waals surface area contributed by atoms with E-state index in [4.69, 9.17) is 0 Å². The SMILES string of the molecule is Cc1cc2[nH]c(=O)c(=O)n(CN(C)C(=O)c3ccc(C(F)(F)F)cc3)c2cc1[N+](=O)[O-]. The lowest BCUT2D eigenvalue weighted by Crippen LogP contribution is -2.41. The molecule has 0 unspecified atom stereocenters. The van der Waals surface area contributed by atoms with Gasteiger partial charge in [0, 0.05) is 24.2 Å². The standard InChI is InChI=1S/C19H15F3N4O5/c1-10-7-13-15(8-14(10)26(30)31)25(18(29)16(27)23-13)9-24(2)17(28)11-3-5-12(6-4-11)19(20,21)22/h3-8H,9H2,1-2H3,(H,23,27). The average Bonchev–Trinajstić information content (AvgIpc) is 2.69. The number of carbonyl (C=O) groups is 1. The van der Waals surface area contributed by atoms with E-state index < -0.39 is 40.4 Å². The van der Waals surface area contributed by atoms with E-state index in [-0.39, 0.29) is 27.8 Å². The van der Waals surface area contributed by atoms with E-state index in [0.717, 1.165) is 39.8 Å². The van der Waals surface area contributed by atoms with Crippen LogP contribution in [0.4, 0.5) is 18.9 Å². The summed E-state index contributed by atoms with van der Waals surface area (Å²) in [5.41, 5.74) is -2.88. The van der Waals surface area contributed by atoms with Gasteiger partial charge < -0.3 is 9.88 Å². The highest BCUT2D eigenvalue weighted by molar-refractivity contribution is 5.94. The summed E-state index contributed by atoms with van der Waals surface area (Å²) in [4.78, 5) is 50.9. The second-order valence-electron chi connectivity index (χ2n) is 6.82. The van der Waals surface area contributed by atoms with Crippen LogP contribution in [0, 0.1) is 17.0 Å². The van der Waals surface area contributed by atoms with E-state index in [1.807, 2.05) is 0 Å². The number of carbonyl (C=O) groups excluding carboxylic acids is 1. The maximum absolute atomic E-state index is 12.7. The number of aryl methyl sites for hydroxylation is 1. The topological polar surface area (TPSA) is 118 Å². The molecule has 9 nitrogen and oxygen atoms in total. The number of rotatable bonds is 4. The molecule has 0 saturated carbocycles. The number of aromatic amines is 1. The van der Waals surface area contributed by atoms with Gasteiger partial charge in [0.2, 0.25) is 0 Å². The van der Waals surface area contributed by atoms with Gasteiger partial charge in [-0.3, -0.25) is 29.1 Å². The molecule has 0 bridgehead atoms. The third kappa shape index (κ3) is 4.17. The molecule has 0 spiro atoms. The van der Waals surface area contributed by atoms with Gasteiger partial charge in [0.25, 0.3) is 11.6 Å². The minimum Gasteiger partial charge on any atom is -0.323 e. The van der Waals surface area contributed by atoms with Gasteiger partial charge in [0.05, 0.1) is 21.5 Å². The van der Waals surface area contributed by atoms with Crippen LogP contribution in [0.5, 0.6) is 0 Å². The van der Waals surface area contributed by atoms with E-state index in [2.05, 4.69) is 4.98 Å². The number of aromatic nitrogens is 2. The Bertz CT molecular complexity index is 1310. The van der Waals surface area contributed by atoms with Gasteiger partial charge in [-0.2, -0.15) is 13.2 Å². The molecule has 162 valence electrons. The molecule has 0 aliphatic heterocycles. The minimum atomic E-state index is -4.56. The number of nitro groups is 1. The van der Waals surface area contributed by atoms with Crippen molar-refractivity contribution < 1.29 is 22.9 Å². The summed E-state index contributed by atoms with van der Waals surface area (Å²) in [6.07, 6.45) is -4.56. The Kier molecular flexibility index (Phi) is 5.40. The fourth-order valence-corrected chi connectivity index (χ4v) is 3.05. The normalized spacial score (nSPS) is 11.5. The Balaban J connectivity index is 2.02. The number of amides is 1. The van der Waals surface area contributed by atoms with E-state index in [1.54, 1.807) is 0 Å². The van der Waals surface area contributed by atoms with Crippen molar-refractivity contribution in [2.45, 2.75) is 19.8 Å². The molecule has 0 aliphatic rings. The predicted molar refractivity (Wildman–Crippen MR) is 104 cm³/mol. The number of nitro benzene ring substituents is 1. The second-order valence-corrected chi connectivity index (χ2v) is 6.82. The van der Waals surface area contributed by atoms with Crippen molar-refractivity contribution in [2.24, 2.45) is 0 Å². The average molecular weight is 436 g/mol. The number of fused-ring (bicyclic) bond motifs is 1. The number of benzene rings is 2. The Morgan fingerprint density at radius 3 is 2.35 bits per heavy atom. The maximum Gasteiger partial charge on any atom is 0.416 e. The molecule has 2 aromatic carbocycles. The van der Waals surface area contributed by atoms with Crippen LogP contribution in [-0.4, -0.2) is 32.3 Å². The van der Waals surface area contributed by atoms with Crippen molar-refractivity contribution >= 4 is 22.6 Å². The Morgan fingerprint density at radius 1 is 1.19 bits per heavy atom. The van der Waals surface area contributed by atoms with Gasteiger partial charge in [0.1, 0.15) is 6.67 Å². The summed E-state index contributed by atoms with van der Waals surface area (Å²) < 4.78 is 39.0. The molecule has 3 rings (SSSR count). The van der Waals surface area contributed by atoms with Gasteiger partial charge >= 0.3 is 17.3 Å². The first kappa shape index (κ1) is 21.7. The van der Waals surface area contributed by atoms with Gasteiger partial charge in [-0.15, -0.1) is 0 Å². The van der Waals surface area contributed by atoms with Crippen LogP contribution < -0.4 is 11.1 Å². The highest BCUT2D eigenvalue weighted by Gasteiger charge is 2.30. The predicted octanol–water partition coefficient (Wildman–Crippen LogP) is 2.65. The molecular formula is C19H15F3N4O5. The summed E-state index contributed by atoms with van der Waals surface area (Å²) in [5.74, 6) is -0.712. The molecule has 0 aliphatic carbocycles. The lowest BCUT2D eigenvalue weighted by molar-refractivity contribution is -0.385. The number of hydrogen-bond donors (Lipinski definition) is 1. The van der Waals surface area contributed by atoms with Crippen LogP contribution >= 0.6 is 0 Å². The summed E-state index contributed by atoms with van der Waals surface area (Å²) in [5, 5.41) is 11.2. The number of hydrogen-bond acceptors (Lipinski definition) is 5. The van der Waals surface area contributed by atoms with Gasteiger partial charge in [-0.1, -0.05) is 0 Å². The molecular weight excluding hydrogens is 421 g/mol. The third-order valence-corrected chi connectivity index (χ3v) is 4.65. The van der Waals surface area contributed by atoms with E-state index >= 15 is 0 Å². The molecule has 1 heterocycles. The zero-order valence-corrected chi connectivity index (χ0v) is 16.2. The van der Waals surface area contributed by atoms with Crippen LogP contribution in [0.15, 0.2) is 46.0 Å². The second kappa shape index (κ2) is 7.70. The monoisotopic (exact) mass is 436 g/mol. The Morgan fingerprint density at radius 2 is 1.81 bits per heavy atom. The first-order chi connectivity index (χ1) is 14.4. The molecule has 12 heteroatoms. The molecule has 1 N–H and O–H groups in total. The minimum absolute atomic E-state index is 0.0222. The van der Waals surface area contributed by atoms with Gasteiger partial charge in [-0.05, 0) is 37.3 Å². The largest absolute Gasteiger partial charge is 0.416 e. The molecule has 0 saturated heterocycles. The van der Waals surface area contributed by atoms with Crippen molar-refractivity contribution in [3.05, 3.63) is 83.9 Å². The van der Waals surface area contributed by atoms with Crippen molar-refractivity contribution in [1.29, 1.82) is 0 Å². The number of H-pyrrole nitrogens is 1. The van der Waals surface area contributed by atoms with Crippen LogP contribution in [0.25, 0.3) is 11.0 Å². The van der Waals surface area contributed by atoms with Gasteiger partial charge in [0.15, 0.2) is 0 Å². The third-order valence-electron chi connectivity index (χ3n) is 4.65. The number of nitrogens with one attached hydrogen (secondary N) is 1. The number of halogens is 3. The van der Waals surface area contributed by atoms with Crippen molar-refractivity contribution in [3.8, 4) is 0 Å². The first-order valence-electron chi connectivity index (χ1n) is 8.74. The van der Waals surface area contributed by atoms with Crippen LogP contribution in [0.3, 0.4) is 0 Å². The van der Waals surface area contributed by atoms with Gasteiger partial charge in [-0.25, -0.2) is 0 Å². The lowest BCUT2D eigenvalue weighted by Gasteiger charge is -2.20. The zero-order valence-electron chi connectivity index (χ0n) is 16.2. The molecule has 3 aromatic rings. The Labute approximate surface area is 171 Å². The first-order valence-corrected chi connectivity index (χ1v) is 8.74. The smallest absolute Gasteiger partial charge is 0.323 e. The van der Waals surface area contributed by atoms with E-state index in [1.165, 1.54) is 20.0 Å². The molecule has 0 atom stereocenters. The van der Waals surface area contributed by atoms with Crippen LogP contribution in [0.1, 0.15) is 21.5 Å². The summed E-state index contributed by atoms with van der Waals surface area (Å²) in [6.45, 7) is 1.00. The fourth-order valence-electron chi connectivity index (χ4n) is 3.05.